The predicted molar refractivity (Wildman–Crippen MR) is 103 cm³/mol. The molecule has 1 aliphatic heterocycles. The van der Waals surface area contributed by atoms with Gasteiger partial charge in [0.1, 0.15) is 38.3 Å². The van der Waals surface area contributed by atoms with Crippen LogP contribution in [-0.2, 0) is 14.6 Å². The fourth-order valence-electron chi connectivity index (χ4n) is 3.47. The third-order valence-corrected chi connectivity index (χ3v) is 6.71. The molecule has 8 nitrogen and oxygen atoms in total. The van der Waals surface area contributed by atoms with Gasteiger partial charge in [0.15, 0.2) is 11.9 Å². The molecule has 0 unspecified atom stereocenters. The zero-order valence-corrected chi connectivity index (χ0v) is 16.9. The van der Waals surface area contributed by atoms with Gasteiger partial charge in [-0.15, -0.1) is 0 Å². The minimum atomic E-state index is -4.58. The summed E-state index contributed by atoms with van der Waals surface area (Å²) < 4.78 is 84.8. The van der Waals surface area contributed by atoms with E-state index in [9.17, 15) is 26.0 Å². The molecule has 3 heterocycles. The highest BCUT2D eigenvalue weighted by atomic mass is 32.2. The van der Waals surface area contributed by atoms with Crippen LogP contribution in [0, 0.1) is 12.7 Å². The van der Waals surface area contributed by atoms with Crippen LogP contribution in [0.1, 0.15) is 5.82 Å². The van der Waals surface area contributed by atoms with E-state index in [0.29, 0.717) is 0 Å². The van der Waals surface area contributed by atoms with Gasteiger partial charge < -0.3 is 20.4 Å². The van der Waals surface area contributed by atoms with E-state index >= 15 is 0 Å². The number of halogens is 4. The SMILES string of the molecule is Cc1nc(N2CCO[C@@H](C(F)(F)F)C2)c2[nH]c(N)c(S(=O)(=O)c3ccccc3F)c2n1. The predicted octanol–water partition coefficient (Wildman–Crippen LogP) is 2.59. The Kier molecular flexibility index (Phi) is 5.04. The van der Waals surface area contributed by atoms with Crippen LogP contribution in [0.2, 0.25) is 0 Å². The van der Waals surface area contributed by atoms with Gasteiger partial charge in [-0.3, -0.25) is 0 Å². The van der Waals surface area contributed by atoms with Crippen molar-refractivity contribution in [1.82, 2.24) is 15.0 Å². The Morgan fingerprint density at radius 1 is 1.26 bits per heavy atom. The lowest BCUT2D eigenvalue weighted by molar-refractivity contribution is -0.221. The van der Waals surface area contributed by atoms with E-state index in [4.69, 9.17) is 10.5 Å². The van der Waals surface area contributed by atoms with Crippen molar-refractivity contribution in [1.29, 1.82) is 0 Å². The van der Waals surface area contributed by atoms with Gasteiger partial charge in [-0.25, -0.2) is 22.8 Å². The fourth-order valence-corrected chi connectivity index (χ4v) is 5.01. The largest absolute Gasteiger partial charge is 0.416 e. The number of nitrogen functional groups attached to an aromatic ring is 1. The lowest BCUT2D eigenvalue weighted by Gasteiger charge is -2.34. The number of anilines is 2. The maximum Gasteiger partial charge on any atom is 0.416 e. The van der Waals surface area contributed by atoms with Crippen molar-refractivity contribution in [3.63, 3.8) is 0 Å². The molecule has 3 aromatic rings. The van der Waals surface area contributed by atoms with Gasteiger partial charge in [0.25, 0.3) is 0 Å². The maximum absolute atomic E-state index is 14.2. The lowest BCUT2D eigenvalue weighted by atomic mass is 10.2. The number of aromatic nitrogens is 3. The second kappa shape index (κ2) is 7.34. The van der Waals surface area contributed by atoms with Crippen LogP contribution in [0.15, 0.2) is 34.1 Å². The number of morpholine rings is 1. The molecular weight excluding hydrogens is 442 g/mol. The Hall–Kier alpha value is -2.93. The number of hydrogen-bond acceptors (Lipinski definition) is 7. The van der Waals surface area contributed by atoms with Crippen LogP contribution in [0.25, 0.3) is 11.0 Å². The summed E-state index contributed by atoms with van der Waals surface area (Å²) in [4.78, 5) is 11.3. The van der Waals surface area contributed by atoms with Crippen molar-refractivity contribution in [3.05, 3.63) is 35.9 Å². The molecular formula is C18H17F4N5O3S. The molecule has 0 radical (unpaired) electrons. The second-order valence-corrected chi connectivity index (χ2v) is 8.82. The molecule has 1 aliphatic rings. The van der Waals surface area contributed by atoms with Gasteiger partial charge in [-0.2, -0.15) is 13.2 Å². The van der Waals surface area contributed by atoms with E-state index in [1.807, 2.05) is 0 Å². The fraction of sp³-hybridized carbons (Fsp3) is 0.333. The van der Waals surface area contributed by atoms with Gasteiger partial charge in [0.2, 0.25) is 9.84 Å². The average molecular weight is 459 g/mol. The number of sulfone groups is 1. The van der Waals surface area contributed by atoms with Crippen LogP contribution in [0.3, 0.4) is 0 Å². The molecule has 1 atom stereocenters. The van der Waals surface area contributed by atoms with Crippen LogP contribution in [0.5, 0.6) is 0 Å². The number of fused-ring (bicyclic) bond motifs is 1. The summed E-state index contributed by atoms with van der Waals surface area (Å²) in [5.74, 6) is -1.12. The molecule has 3 N–H and O–H groups in total. The highest BCUT2D eigenvalue weighted by Crippen LogP contribution is 2.37. The first-order chi connectivity index (χ1) is 14.5. The van der Waals surface area contributed by atoms with Crippen molar-refractivity contribution in [2.45, 2.75) is 29.0 Å². The molecule has 0 amide bonds. The Morgan fingerprint density at radius 2 is 1.97 bits per heavy atom. The molecule has 4 rings (SSSR count). The Balaban J connectivity index is 1.88. The smallest absolute Gasteiger partial charge is 0.384 e. The number of H-pyrrole nitrogens is 1. The van der Waals surface area contributed by atoms with Gasteiger partial charge in [-0.05, 0) is 19.1 Å². The van der Waals surface area contributed by atoms with Crippen molar-refractivity contribution in [2.24, 2.45) is 0 Å². The summed E-state index contributed by atoms with van der Waals surface area (Å²) in [6.45, 7) is 0.814. The lowest BCUT2D eigenvalue weighted by Crippen LogP contribution is -2.49. The topological polar surface area (TPSA) is 114 Å². The Bertz CT molecular complexity index is 1260. The van der Waals surface area contributed by atoms with Gasteiger partial charge in [-0.1, -0.05) is 12.1 Å². The Labute approximate surface area is 174 Å². The summed E-state index contributed by atoms with van der Waals surface area (Å²) in [5, 5.41) is 0. The van der Waals surface area contributed by atoms with Crippen LogP contribution < -0.4 is 10.6 Å². The molecule has 166 valence electrons. The molecule has 31 heavy (non-hydrogen) atoms. The van der Waals surface area contributed by atoms with E-state index < -0.39 is 44.3 Å². The van der Waals surface area contributed by atoms with Gasteiger partial charge >= 0.3 is 6.18 Å². The molecule has 0 aliphatic carbocycles. The zero-order valence-electron chi connectivity index (χ0n) is 16.1. The summed E-state index contributed by atoms with van der Waals surface area (Å²) >= 11 is 0. The standard InChI is InChI=1S/C18H17F4N5O3S/c1-9-24-13-14(17(25-9)27-6-7-30-12(8-27)18(20,21)22)26-16(23)15(13)31(28,29)11-5-3-2-4-10(11)19/h2-5,12,26H,6-8,23H2,1H3/t12-/m1/s1. The normalized spacial score (nSPS) is 18.0. The van der Waals surface area contributed by atoms with Gasteiger partial charge in [0.05, 0.1) is 13.2 Å². The van der Waals surface area contributed by atoms with Crippen molar-refractivity contribution >= 4 is 32.5 Å². The molecule has 0 bridgehead atoms. The first-order valence-electron chi connectivity index (χ1n) is 9.09. The quantitative estimate of drug-likeness (QED) is 0.579. The van der Waals surface area contributed by atoms with E-state index in [0.717, 1.165) is 12.1 Å². The number of nitrogens with zero attached hydrogens (tertiary/aromatic N) is 3. The van der Waals surface area contributed by atoms with Crippen LogP contribution in [-0.4, -0.2) is 55.3 Å². The van der Waals surface area contributed by atoms with Crippen molar-refractivity contribution < 1.29 is 30.7 Å². The summed E-state index contributed by atoms with van der Waals surface area (Å²) in [5.41, 5.74) is 5.84. The summed E-state index contributed by atoms with van der Waals surface area (Å²) in [6, 6.07) is 4.78. The van der Waals surface area contributed by atoms with E-state index in [2.05, 4.69) is 15.0 Å². The Morgan fingerprint density at radius 3 is 2.65 bits per heavy atom. The highest BCUT2D eigenvalue weighted by molar-refractivity contribution is 7.92. The van der Waals surface area contributed by atoms with E-state index in [1.54, 1.807) is 0 Å². The monoisotopic (exact) mass is 459 g/mol. The number of benzene rings is 1. The third kappa shape index (κ3) is 3.67. The molecule has 0 spiro atoms. The molecule has 2 aromatic heterocycles. The second-order valence-electron chi connectivity index (χ2n) is 6.97. The van der Waals surface area contributed by atoms with Crippen molar-refractivity contribution in [2.75, 3.05) is 30.3 Å². The molecule has 1 saturated heterocycles. The number of alkyl halides is 3. The third-order valence-electron chi connectivity index (χ3n) is 4.85. The minimum absolute atomic E-state index is 0.0424. The highest BCUT2D eigenvalue weighted by Gasteiger charge is 2.44. The summed E-state index contributed by atoms with van der Waals surface area (Å²) in [6.07, 6.45) is -6.60. The molecule has 0 saturated carbocycles. The number of hydrogen-bond donors (Lipinski definition) is 2. The summed E-state index contributed by atoms with van der Waals surface area (Å²) in [7, 11) is -4.43. The van der Waals surface area contributed by atoms with Crippen LogP contribution >= 0.6 is 0 Å². The van der Waals surface area contributed by atoms with E-state index in [1.165, 1.54) is 24.0 Å². The molecule has 1 aromatic carbocycles. The zero-order chi connectivity index (χ0) is 22.6. The molecule has 13 heteroatoms. The minimum Gasteiger partial charge on any atom is -0.384 e. The number of aromatic amines is 1. The number of nitrogens with one attached hydrogen (secondary N) is 1. The molecule has 1 fully saturated rings. The van der Waals surface area contributed by atoms with Gasteiger partial charge in [0, 0.05) is 6.54 Å². The van der Waals surface area contributed by atoms with E-state index in [-0.39, 0.29) is 41.6 Å². The van der Waals surface area contributed by atoms with Crippen molar-refractivity contribution in [3.8, 4) is 0 Å². The number of aryl methyl sites for hydroxylation is 1. The number of nitrogens with two attached hydrogens (primary N) is 1. The number of ether oxygens (including phenoxy) is 1. The average Bonchev–Trinajstić information content (AvgIpc) is 3.03. The number of rotatable bonds is 3. The maximum atomic E-state index is 14.2. The van der Waals surface area contributed by atoms with Crippen LogP contribution in [0.4, 0.5) is 29.2 Å². The first-order valence-corrected chi connectivity index (χ1v) is 10.6. The first kappa shape index (κ1) is 21.3.